The maximum atomic E-state index is 11.8. The molecule has 1 fully saturated rings. The number of benzene rings is 1. The zero-order valence-corrected chi connectivity index (χ0v) is 21.1. The molecule has 0 atom stereocenters. The van der Waals surface area contributed by atoms with E-state index in [1.807, 2.05) is 38.6 Å². The van der Waals surface area contributed by atoms with Crippen LogP contribution in [0.3, 0.4) is 0 Å². The summed E-state index contributed by atoms with van der Waals surface area (Å²) in [7, 11) is 1.87. The van der Waals surface area contributed by atoms with E-state index in [0.717, 1.165) is 40.0 Å². The lowest BCUT2D eigenvalue weighted by Crippen LogP contribution is -2.13. The van der Waals surface area contributed by atoms with E-state index in [4.69, 9.17) is 14.5 Å². The fourth-order valence-corrected chi connectivity index (χ4v) is 4.97. The zero-order chi connectivity index (χ0) is 25.4. The van der Waals surface area contributed by atoms with Gasteiger partial charge in [0.1, 0.15) is 17.2 Å². The molecule has 1 aliphatic rings. The molecule has 3 heterocycles. The minimum atomic E-state index is -1.03. The molecule has 1 N–H and O–H groups in total. The Hall–Kier alpha value is -3.88. The molecular formula is C27H31N5O4. The Labute approximate surface area is 209 Å². The quantitative estimate of drug-likeness (QED) is 0.354. The van der Waals surface area contributed by atoms with Crippen LogP contribution in [-0.2, 0) is 13.5 Å². The van der Waals surface area contributed by atoms with E-state index >= 15 is 0 Å². The first-order chi connectivity index (χ1) is 17.4. The summed E-state index contributed by atoms with van der Waals surface area (Å²) in [6.45, 7) is 6.47. The predicted octanol–water partition coefficient (Wildman–Crippen LogP) is 4.97. The number of rotatable bonds is 9. The van der Waals surface area contributed by atoms with Gasteiger partial charge in [-0.25, -0.2) is 9.48 Å². The Balaban J connectivity index is 1.78. The van der Waals surface area contributed by atoms with Crippen LogP contribution >= 0.6 is 0 Å². The van der Waals surface area contributed by atoms with Crippen molar-refractivity contribution in [3.8, 4) is 28.4 Å². The molecule has 9 heteroatoms. The highest BCUT2D eigenvalue weighted by Gasteiger charge is 2.25. The third-order valence-electron chi connectivity index (χ3n) is 6.85. The summed E-state index contributed by atoms with van der Waals surface area (Å²) < 4.78 is 15.7. The molecule has 1 saturated carbocycles. The summed E-state index contributed by atoms with van der Waals surface area (Å²) in [5.74, 6) is 0.532. The van der Waals surface area contributed by atoms with Crippen molar-refractivity contribution in [3.63, 3.8) is 0 Å². The van der Waals surface area contributed by atoms with E-state index in [2.05, 4.69) is 22.6 Å². The Morgan fingerprint density at radius 3 is 2.36 bits per heavy atom. The molecule has 0 aliphatic heterocycles. The van der Waals surface area contributed by atoms with Gasteiger partial charge in [0.2, 0.25) is 0 Å². The van der Waals surface area contributed by atoms with Crippen LogP contribution in [0.5, 0.6) is 11.5 Å². The van der Waals surface area contributed by atoms with E-state index in [9.17, 15) is 9.90 Å². The average molecular weight is 490 g/mol. The lowest BCUT2D eigenvalue weighted by atomic mass is 9.81. The lowest BCUT2D eigenvalue weighted by Gasteiger charge is -2.24. The van der Waals surface area contributed by atoms with Gasteiger partial charge in [-0.15, -0.1) is 5.10 Å². The topological polar surface area (TPSA) is 104 Å². The number of hydrogen-bond donors (Lipinski definition) is 1. The number of pyridine rings is 1. The molecular weight excluding hydrogens is 458 g/mol. The predicted molar refractivity (Wildman–Crippen MR) is 136 cm³/mol. The Morgan fingerprint density at radius 2 is 1.83 bits per heavy atom. The summed E-state index contributed by atoms with van der Waals surface area (Å²) in [5, 5.41) is 18.1. The van der Waals surface area contributed by atoms with Gasteiger partial charge in [-0.2, -0.15) is 0 Å². The molecule has 9 nitrogen and oxygen atoms in total. The molecule has 0 saturated heterocycles. The minimum absolute atomic E-state index is 0.118. The van der Waals surface area contributed by atoms with E-state index < -0.39 is 5.97 Å². The average Bonchev–Trinajstić information content (AvgIpc) is 3.35. The first-order valence-corrected chi connectivity index (χ1v) is 12.4. The molecule has 0 amide bonds. The van der Waals surface area contributed by atoms with Crippen molar-refractivity contribution in [2.75, 3.05) is 13.2 Å². The van der Waals surface area contributed by atoms with Crippen molar-refractivity contribution in [1.29, 1.82) is 0 Å². The molecule has 36 heavy (non-hydrogen) atoms. The van der Waals surface area contributed by atoms with Crippen molar-refractivity contribution in [2.45, 2.75) is 46.5 Å². The van der Waals surface area contributed by atoms with E-state index in [0.29, 0.717) is 36.3 Å². The van der Waals surface area contributed by atoms with Crippen molar-refractivity contribution >= 4 is 17.0 Å². The molecule has 1 aliphatic carbocycles. The highest BCUT2D eigenvalue weighted by atomic mass is 16.5. The molecule has 0 spiro atoms. The molecule has 188 valence electrons. The summed E-state index contributed by atoms with van der Waals surface area (Å²) in [5.41, 5.74) is 6.39. The summed E-state index contributed by atoms with van der Waals surface area (Å²) in [6.07, 6.45) is 8.66. The summed E-state index contributed by atoms with van der Waals surface area (Å²) >= 11 is 0. The van der Waals surface area contributed by atoms with Gasteiger partial charge in [0.05, 0.1) is 41.2 Å². The van der Waals surface area contributed by atoms with Crippen LogP contribution < -0.4 is 9.47 Å². The van der Waals surface area contributed by atoms with Gasteiger partial charge in [-0.3, -0.25) is 4.98 Å². The lowest BCUT2D eigenvalue weighted by molar-refractivity contribution is 0.0695. The number of nitrogens with zero attached hydrogens (tertiary/aromatic N) is 5. The van der Waals surface area contributed by atoms with Crippen LogP contribution in [-0.4, -0.2) is 48.8 Å². The van der Waals surface area contributed by atoms with Gasteiger partial charge < -0.3 is 19.1 Å². The SMILES string of the molecule is CCOc1cc(C(=O)O)cc(OCC)c1-n1cc(CC2CCC2)c2ncc(-c3c(C)nnn3C)cc21. The first-order valence-electron chi connectivity index (χ1n) is 12.4. The Kier molecular flexibility index (Phi) is 6.38. The molecule has 5 rings (SSSR count). The van der Waals surface area contributed by atoms with Crippen LogP contribution in [0.4, 0.5) is 0 Å². The molecule has 0 radical (unpaired) electrons. The molecule has 1 aromatic carbocycles. The van der Waals surface area contributed by atoms with Gasteiger partial charge >= 0.3 is 5.97 Å². The van der Waals surface area contributed by atoms with Crippen molar-refractivity contribution < 1.29 is 19.4 Å². The minimum Gasteiger partial charge on any atom is -0.492 e. The molecule has 0 unspecified atom stereocenters. The second-order valence-corrected chi connectivity index (χ2v) is 9.26. The number of aromatic nitrogens is 5. The number of carboxylic acid groups (broad SMARTS) is 1. The number of hydrogen-bond acceptors (Lipinski definition) is 6. The van der Waals surface area contributed by atoms with E-state index in [1.54, 1.807) is 16.8 Å². The molecule has 4 aromatic rings. The third kappa shape index (κ3) is 4.19. The standard InChI is InChI=1S/C27H31N5O4/c1-5-35-22-12-18(27(33)34)13-23(36-6-2)26(22)32-15-20(10-17-8-7-9-17)24-21(32)11-19(14-28-24)25-16(3)29-30-31(25)4/h11-15,17H,5-10H2,1-4H3,(H,33,34). The maximum Gasteiger partial charge on any atom is 0.335 e. The highest BCUT2D eigenvalue weighted by Crippen LogP contribution is 2.40. The van der Waals surface area contributed by atoms with Crippen LogP contribution in [0.1, 0.15) is 54.7 Å². The normalized spacial score (nSPS) is 13.7. The maximum absolute atomic E-state index is 11.8. The van der Waals surface area contributed by atoms with Gasteiger partial charge in [-0.1, -0.05) is 24.5 Å². The number of carboxylic acids is 1. The number of ether oxygens (including phenoxy) is 2. The fraction of sp³-hybridized carbons (Fsp3) is 0.407. The third-order valence-corrected chi connectivity index (χ3v) is 6.85. The monoisotopic (exact) mass is 489 g/mol. The van der Waals surface area contributed by atoms with Crippen molar-refractivity contribution in [2.24, 2.45) is 13.0 Å². The number of carbonyl (C=O) groups is 1. The summed E-state index contributed by atoms with van der Waals surface area (Å²) in [4.78, 5) is 16.7. The zero-order valence-electron chi connectivity index (χ0n) is 21.1. The highest BCUT2D eigenvalue weighted by molar-refractivity contribution is 5.91. The van der Waals surface area contributed by atoms with Gasteiger partial charge in [0.15, 0.2) is 0 Å². The van der Waals surface area contributed by atoms with Crippen LogP contribution in [0, 0.1) is 12.8 Å². The number of aromatic carboxylic acids is 1. The van der Waals surface area contributed by atoms with Crippen LogP contribution in [0.2, 0.25) is 0 Å². The van der Waals surface area contributed by atoms with Crippen LogP contribution in [0.25, 0.3) is 28.0 Å². The first kappa shape index (κ1) is 23.8. The largest absolute Gasteiger partial charge is 0.492 e. The second kappa shape index (κ2) is 9.64. The van der Waals surface area contributed by atoms with Crippen molar-refractivity contribution in [3.05, 3.63) is 47.4 Å². The molecule has 0 bridgehead atoms. The number of aryl methyl sites for hydroxylation is 2. The fourth-order valence-electron chi connectivity index (χ4n) is 4.97. The van der Waals surface area contributed by atoms with E-state index in [1.165, 1.54) is 19.3 Å². The van der Waals surface area contributed by atoms with Crippen LogP contribution in [0.15, 0.2) is 30.6 Å². The Morgan fingerprint density at radius 1 is 1.14 bits per heavy atom. The second-order valence-electron chi connectivity index (χ2n) is 9.26. The van der Waals surface area contributed by atoms with E-state index in [-0.39, 0.29) is 5.56 Å². The van der Waals surface area contributed by atoms with Gasteiger partial charge in [0.25, 0.3) is 0 Å². The molecule has 3 aromatic heterocycles. The Bertz CT molecular complexity index is 1390. The van der Waals surface area contributed by atoms with Gasteiger partial charge in [-0.05, 0) is 56.9 Å². The number of fused-ring (bicyclic) bond motifs is 1. The summed E-state index contributed by atoms with van der Waals surface area (Å²) in [6, 6.07) is 5.22. The van der Waals surface area contributed by atoms with Gasteiger partial charge in [0, 0.05) is 25.0 Å². The smallest absolute Gasteiger partial charge is 0.335 e. The van der Waals surface area contributed by atoms with Crippen molar-refractivity contribution in [1.82, 2.24) is 24.5 Å².